The molecule has 2 aromatic heterocycles. The van der Waals surface area contributed by atoms with Crippen molar-refractivity contribution in [2.24, 2.45) is 0 Å². The van der Waals surface area contributed by atoms with Gasteiger partial charge in [0, 0.05) is 31.7 Å². The number of fused-ring (bicyclic) bond motifs is 1. The van der Waals surface area contributed by atoms with Gasteiger partial charge in [-0.2, -0.15) is 0 Å². The zero-order valence-corrected chi connectivity index (χ0v) is 9.54. The van der Waals surface area contributed by atoms with Crippen molar-refractivity contribution in [1.82, 2.24) is 19.3 Å². The van der Waals surface area contributed by atoms with E-state index in [4.69, 9.17) is 0 Å². The zero-order valence-electron chi connectivity index (χ0n) is 9.54. The van der Waals surface area contributed by atoms with E-state index in [1.54, 1.807) is 13.1 Å². The highest BCUT2D eigenvalue weighted by Gasteiger charge is 2.07. The molecule has 0 fully saturated rings. The number of aromatic nitrogens is 3. The molecule has 2 rings (SSSR count). The molecule has 0 saturated heterocycles. The molecule has 86 valence electrons. The summed E-state index contributed by atoms with van der Waals surface area (Å²) in [5.74, 6) is 0.711. The Morgan fingerprint density at radius 1 is 1.56 bits per heavy atom. The molecule has 0 aliphatic carbocycles. The fourth-order valence-corrected chi connectivity index (χ4v) is 1.75. The topological polar surface area (TPSA) is 53.7 Å². The Labute approximate surface area is 94.4 Å². The molecule has 0 bridgehead atoms. The van der Waals surface area contributed by atoms with Crippen LogP contribution in [0.2, 0.25) is 0 Å². The molecule has 16 heavy (non-hydrogen) atoms. The van der Waals surface area contributed by atoms with Gasteiger partial charge in [0.2, 0.25) is 5.78 Å². The van der Waals surface area contributed by atoms with E-state index in [2.05, 4.69) is 9.97 Å². The van der Waals surface area contributed by atoms with Gasteiger partial charge in [0.1, 0.15) is 0 Å². The van der Waals surface area contributed by atoms with Crippen LogP contribution in [-0.2, 0) is 6.54 Å². The summed E-state index contributed by atoms with van der Waals surface area (Å²) >= 11 is 0. The first-order chi connectivity index (χ1) is 7.65. The Morgan fingerprint density at radius 3 is 3.06 bits per heavy atom. The van der Waals surface area contributed by atoms with Gasteiger partial charge >= 0.3 is 0 Å². The molecule has 0 saturated carbocycles. The second-order valence-corrected chi connectivity index (χ2v) is 4.10. The maximum Gasteiger partial charge on any atom is 0.233 e. The fraction of sp³-hybridized carbons (Fsp3) is 0.455. The minimum atomic E-state index is -0.319. The van der Waals surface area contributed by atoms with Crippen molar-refractivity contribution in [1.29, 1.82) is 0 Å². The summed E-state index contributed by atoms with van der Waals surface area (Å²) in [5, 5.41) is 9.26. The fourth-order valence-electron chi connectivity index (χ4n) is 1.75. The molecule has 0 radical (unpaired) electrons. The van der Waals surface area contributed by atoms with Crippen LogP contribution in [0.4, 0.5) is 0 Å². The van der Waals surface area contributed by atoms with E-state index in [0.717, 1.165) is 5.69 Å². The van der Waals surface area contributed by atoms with Gasteiger partial charge in [0.25, 0.3) is 0 Å². The van der Waals surface area contributed by atoms with Crippen molar-refractivity contribution in [3.05, 3.63) is 30.4 Å². The monoisotopic (exact) mass is 220 g/mol. The lowest BCUT2D eigenvalue weighted by atomic mass is 10.3. The van der Waals surface area contributed by atoms with E-state index < -0.39 is 0 Å². The molecule has 1 N–H and O–H groups in total. The van der Waals surface area contributed by atoms with Crippen LogP contribution < -0.4 is 0 Å². The lowest BCUT2D eigenvalue weighted by Crippen LogP contribution is -2.26. The van der Waals surface area contributed by atoms with Crippen molar-refractivity contribution >= 4 is 5.78 Å². The lowest BCUT2D eigenvalue weighted by Gasteiger charge is -2.16. The van der Waals surface area contributed by atoms with Gasteiger partial charge in [-0.25, -0.2) is 9.97 Å². The maximum atomic E-state index is 9.26. The summed E-state index contributed by atoms with van der Waals surface area (Å²) in [5.41, 5.74) is 0.960. The summed E-state index contributed by atoms with van der Waals surface area (Å²) in [6, 6.07) is 1.87. The van der Waals surface area contributed by atoms with Crippen molar-refractivity contribution in [3.63, 3.8) is 0 Å². The summed E-state index contributed by atoms with van der Waals surface area (Å²) in [7, 11) is 1.96. The van der Waals surface area contributed by atoms with Gasteiger partial charge in [0.05, 0.1) is 11.8 Å². The molecular weight excluding hydrogens is 204 g/mol. The molecule has 1 unspecified atom stereocenters. The van der Waals surface area contributed by atoms with E-state index in [1.165, 1.54) is 0 Å². The number of rotatable bonds is 4. The number of imidazole rings is 1. The minimum absolute atomic E-state index is 0.319. The smallest absolute Gasteiger partial charge is 0.233 e. The number of aliphatic hydroxyl groups excluding tert-OH is 1. The third-order valence-electron chi connectivity index (χ3n) is 2.29. The average Bonchev–Trinajstić information content (AvgIpc) is 2.57. The summed E-state index contributed by atoms with van der Waals surface area (Å²) in [6.45, 7) is 3.14. The molecule has 0 aliphatic heterocycles. The number of nitrogens with zero attached hydrogens (tertiary/aromatic N) is 4. The van der Waals surface area contributed by atoms with E-state index in [0.29, 0.717) is 18.9 Å². The summed E-state index contributed by atoms with van der Waals surface area (Å²) in [6.07, 6.45) is 5.29. The third kappa shape index (κ3) is 2.56. The molecule has 1 atom stereocenters. The summed E-state index contributed by atoms with van der Waals surface area (Å²) < 4.78 is 1.89. The highest BCUT2D eigenvalue weighted by atomic mass is 16.3. The largest absolute Gasteiger partial charge is 0.392 e. The number of hydrogen-bond acceptors (Lipinski definition) is 4. The first-order valence-corrected chi connectivity index (χ1v) is 5.30. The highest BCUT2D eigenvalue weighted by molar-refractivity contribution is 5.29. The molecule has 0 aliphatic rings. The second-order valence-electron chi connectivity index (χ2n) is 4.10. The Hall–Kier alpha value is -1.46. The highest BCUT2D eigenvalue weighted by Crippen LogP contribution is 2.04. The predicted octanol–water partition coefficient (Wildman–Crippen LogP) is 0.542. The van der Waals surface area contributed by atoms with E-state index in [-0.39, 0.29) is 6.10 Å². The number of aliphatic hydroxyl groups is 1. The maximum absolute atomic E-state index is 9.26. The third-order valence-corrected chi connectivity index (χ3v) is 2.29. The van der Waals surface area contributed by atoms with Crippen LogP contribution in [0.5, 0.6) is 0 Å². The predicted molar refractivity (Wildman–Crippen MR) is 61.0 cm³/mol. The SMILES string of the molecule is CC(O)CN(C)Cc1cn2cccnc2n1. The Morgan fingerprint density at radius 2 is 2.38 bits per heavy atom. The van der Waals surface area contributed by atoms with E-state index in [9.17, 15) is 5.11 Å². The Balaban J connectivity index is 2.09. The molecule has 2 heterocycles. The van der Waals surface area contributed by atoms with Crippen LogP contribution in [-0.4, -0.2) is 44.1 Å². The second kappa shape index (κ2) is 4.59. The lowest BCUT2D eigenvalue weighted by molar-refractivity contribution is 0.138. The molecule has 0 aromatic carbocycles. The van der Waals surface area contributed by atoms with E-state index in [1.807, 2.05) is 34.8 Å². The van der Waals surface area contributed by atoms with Crippen LogP contribution in [0.15, 0.2) is 24.7 Å². The normalized spacial score (nSPS) is 13.5. The van der Waals surface area contributed by atoms with Crippen LogP contribution in [0.1, 0.15) is 12.6 Å². The van der Waals surface area contributed by atoms with Gasteiger partial charge in [-0.1, -0.05) is 0 Å². The first kappa shape index (κ1) is 11.0. The molecule has 5 nitrogen and oxygen atoms in total. The molecular formula is C11H16N4O. The molecule has 5 heteroatoms. The van der Waals surface area contributed by atoms with Crippen molar-refractivity contribution in [2.75, 3.05) is 13.6 Å². The van der Waals surface area contributed by atoms with Gasteiger partial charge in [0.15, 0.2) is 0 Å². The van der Waals surface area contributed by atoms with Crippen LogP contribution in [0.25, 0.3) is 5.78 Å². The van der Waals surface area contributed by atoms with Gasteiger partial charge in [-0.05, 0) is 20.0 Å². The number of likely N-dealkylation sites (N-methyl/N-ethyl adjacent to an activating group) is 1. The van der Waals surface area contributed by atoms with Crippen LogP contribution in [0, 0.1) is 0 Å². The van der Waals surface area contributed by atoms with Crippen LogP contribution in [0.3, 0.4) is 0 Å². The Bertz CT molecular complexity index is 433. The molecule has 0 amide bonds. The quantitative estimate of drug-likeness (QED) is 0.817. The van der Waals surface area contributed by atoms with Gasteiger partial charge in [-0.3, -0.25) is 9.30 Å². The van der Waals surface area contributed by atoms with Crippen LogP contribution >= 0.6 is 0 Å². The number of hydrogen-bond donors (Lipinski definition) is 1. The average molecular weight is 220 g/mol. The van der Waals surface area contributed by atoms with Crippen molar-refractivity contribution in [2.45, 2.75) is 19.6 Å². The van der Waals surface area contributed by atoms with Gasteiger partial charge in [-0.15, -0.1) is 0 Å². The van der Waals surface area contributed by atoms with E-state index >= 15 is 0 Å². The van der Waals surface area contributed by atoms with Crippen molar-refractivity contribution < 1.29 is 5.11 Å². The standard InChI is InChI=1S/C11H16N4O/c1-9(16)6-14(2)7-10-8-15-5-3-4-12-11(15)13-10/h3-5,8-9,16H,6-7H2,1-2H3. The minimum Gasteiger partial charge on any atom is -0.392 e. The zero-order chi connectivity index (χ0) is 11.5. The van der Waals surface area contributed by atoms with Gasteiger partial charge < -0.3 is 5.11 Å². The molecule has 2 aromatic rings. The molecule has 0 spiro atoms. The van der Waals surface area contributed by atoms with Crippen molar-refractivity contribution in [3.8, 4) is 0 Å². The Kier molecular flexibility index (Phi) is 3.17. The first-order valence-electron chi connectivity index (χ1n) is 5.30. The summed E-state index contributed by atoms with van der Waals surface area (Å²) in [4.78, 5) is 10.6.